The van der Waals surface area contributed by atoms with E-state index in [-0.39, 0.29) is 5.92 Å². The molecular weight excluding hydrogens is 266 g/mol. The highest BCUT2D eigenvalue weighted by molar-refractivity contribution is 5.91. The summed E-state index contributed by atoms with van der Waals surface area (Å²) < 4.78 is 0. The van der Waals surface area contributed by atoms with Gasteiger partial charge in [0.05, 0.1) is 12.6 Å². The number of carboxylic acids is 1. The van der Waals surface area contributed by atoms with E-state index in [0.29, 0.717) is 6.42 Å². The first-order valence-corrected chi connectivity index (χ1v) is 6.39. The molecular formula is C12H23N3O5. The topological polar surface area (TPSA) is 142 Å². The Morgan fingerprint density at radius 2 is 1.65 bits per heavy atom. The van der Waals surface area contributed by atoms with E-state index in [1.807, 2.05) is 13.8 Å². The zero-order valence-corrected chi connectivity index (χ0v) is 11.9. The monoisotopic (exact) mass is 289 g/mol. The van der Waals surface area contributed by atoms with E-state index in [4.69, 9.17) is 15.9 Å². The van der Waals surface area contributed by atoms with Crippen molar-refractivity contribution in [3.05, 3.63) is 0 Å². The van der Waals surface area contributed by atoms with E-state index < -0.39 is 42.5 Å². The molecule has 0 spiro atoms. The van der Waals surface area contributed by atoms with Crippen LogP contribution in [-0.2, 0) is 14.4 Å². The number of carbonyl (C=O) groups is 3. The van der Waals surface area contributed by atoms with Crippen LogP contribution < -0.4 is 16.4 Å². The number of nitrogens with one attached hydrogen (secondary N) is 2. The van der Waals surface area contributed by atoms with Crippen LogP contribution in [0.15, 0.2) is 0 Å². The molecule has 3 atom stereocenters. The quantitative estimate of drug-likeness (QED) is 0.365. The van der Waals surface area contributed by atoms with Gasteiger partial charge >= 0.3 is 5.97 Å². The van der Waals surface area contributed by atoms with Gasteiger partial charge < -0.3 is 26.6 Å². The van der Waals surface area contributed by atoms with Gasteiger partial charge in [-0.1, -0.05) is 13.8 Å². The van der Waals surface area contributed by atoms with Crippen LogP contribution in [-0.4, -0.2) is 52.7 Å². The molecule has 0 rings (SSSR count). The van der Waals surface area contributed by atoms with Gasteiger partial charge in [-0.25, -0.2) is 0 Å². The van der Waals surface area contributed by atoms with Crippen LogP contribution in [0, 0.1) is 5.92 Å². The van der Waals surface area contributed by atoms with Crippen molar-refractivity contribution >= 4 is 17.8 Å². The van der Waals surface area contributed by atoms with Gasteiger partial charge in [-0.3, -0.25) is 14.4 Å². The van der Waals surface area contributed by atoms with Gasteiger partial charge in [-0.05, 0) is 19.3 Å². The van der Waals surface area contributed by atoms with Crippen LogP contribution in [0.1, 0.15) is 27.2 Å². The average Bonchev–Trinajstić information content (AvgIpc) is 2.34. The third-order valence-corrected chi connectivity index (χ3v) is 2.61. The predicted molar refractivity (Wildman–Crippen MR) is 71.7 cm³/mol. The number of hydrogen-bond acceptors (Lipinski definition) is 5. The van der Waals surface area contributed by atoms with Crippen molar-refractivity contribution in [2.75, 3.05) is 6.61 Å². The second kappa shape index (κ2) is 8.49. The minimum atomic E-state index is -1.22. The molecule has 0 bridgehead atoms. The summed E-state index contributed by atoms with van der Waals surface area (Å²) in [6, 6.07) is -3.12. The number of aliphatic carboxylic acids is 1. The maximum Gasteiger partial charge on any atom is 0.325 e. The molecule has 0 aromatic rings. The maximum absolute atomic E-state index is 11.7. The second-order valence-electron chi connectivity index (χ2n) is 5.05. The summed E-state index contributed by atoms with van der Waals surface area (Å²) in [5.41, 5.74) is 5.65. The molecule has 0 unspecified atom stereocenters. The molecule has 0 aliphatic rings. The lowest BCUT2D eigenvalue weighted by atomic mass is 10.0. The van der Waals surface area contributed by atoms with Crippen molar-refractivity contribution in [2.24, 2.45) is 11.7 Å². The smallest absolute Gasteiger partial charge is 0.325 e. The fraction of sp³-hybridized carbons (Fsp3) is 0.750. The Hall–Kier alpha value is -1.67. The number of rotatable bonds is 8. The van der Waals surface area contributed by atoms with E-state index in [1.54, 1.807) is 0 Å². The van der Waals surface area contributed by atoms with Crippen molar-refractivity contribution in [3.63, 3.8) is 0 Å². The van der Waals surface area contributed by atoms with Crippen LogP contribution in [0.2, 0.25) is 0 Å². The van der Waals surface area contributed by atoms with E-state index in [0.717, 1.165) is 0 Å². The average molecular weight is 289 g/mol. The molecule has 0 aliphatic carbocycles. The van der Waals surface area contributed by atoms with Crippen LogP contribution >= 0.6 is 0 Å². The fourth-order valence-electron chi connectivity index (χ4n) is 1.46. The zero-order chi connectivity index (χ0) is 15.9. The molecule has 20 heavy (non-hydrogen) atoms. The number of aliphatic hydroxyl groups is 1. The Morgan fingerprint density at radius 1 is 1.10 bits per heavy atom. The summed E-state index contributed by atoms with van der Waals surface area (Å²) in [6.07, 6.45) is 0.442. The predicted octanol–water partition coefficient (Wildman–Crippen LogP) is -1.57. The first-order chi connectivity index (χ1) is 9.18. The summed E-state index contributed by atoms with van der Waals surface area (Å²) in [5.74, 6) is -2.33. The van der Waals surface area contributed by atoms with Crippen molar-refractivity contribution < 1.29 is 24.6 Å². The third kappa shape index (κ3) is 6.48. The Bertz CT molecular complexity index is 359. The highest BCUT2D eigenvalue weighted by Crippen LogP contribution is 2.02. The van der Waals surface area contributed by atoms with Crippen LogP contribution in [0.3, 0.4) is 0 Å². The van der Waals surface area contributed by atoms with Gasteiger partial charge in [0.15, 0.2) is 0 Å². The molecule has 116 valence electrons. The Kier molecular flexibility index (Phi) is 7.78. The Morgan fingerprint density at radius 3 is 2.05 bits per heavy atom. The lowest BCUT2D eigenvalue weighted by Crippen LogP contribution is -2.55. The molecule has 0 saturated heterocycles. The summed E-state index contributed by atoms with van der Waals surface area (Å²) in [6.45, 7) is 4.44. The van der Waals surface area contributed by atoms with E-state index >= 15 is 0 Å². The number of carboxylic acid groups (broad SMARTS) is 1. The highest BCUT2D eigenvalue weighted by atomic mass is 16.4. The van der Waals surface area contributed by atoms with Gasteiger partial charge in [0, 0.05) is 0 Å². The molecule has 8 heteroatoms. The van der Waals surface area contributed by atoms with E-state index in [1.165, 1.54) is 6.92 Å². The van der Waals surface area contributed by atoms with Crippen molar-refractivity contribution in [1.29, 1.82) is 0 Å². The highest BCUT2D eigenvalue weighted by Gasteiger charge is 2.25. The number of nitrogens with two attached hydrogens (primary N) is 1. The zero-order valence-electron chi connectivity index (χ0n) is 11.9. The molecule has 0 aromatic carbocycles. The molecule has 8 nitrogen and oxygen atoms in total. The van der Waals surface area contributed by atoms with Crippen molar-refractivity contribution in [2.45, 2.75) is 45.3 Å². The first kappa shape index (κ1) is 18.3. The lowest BCUT2D eigenvalue weighted by Gasteiger charge is -2.20. The Labute approximate surface area is 117 Å². The number of carbonyl (C=O) groups excluding carboxylic acids is 2. The van der Waals surface area contributed by atoms with Gasteiger partial charge in [0.25, 0.3) is 0 Å². The second-order valence-corrected chi connectivity index (χ2v) is 5.05. The number of hydrogen-bond donors (Lipinski definition) is 5. The van der Waals surface area contributed by atoms with Gasteiger partial charge in [-0.15, -0.1) is 0 Å². The molecule has 0 heterocycles. The van der Waals surface area contributed by atoms with Crippen LogP contribution in [0.5, 0.6) is 0 Å². The summed E-state index contributed by atoms with van der Waals surface area (Å²) >= 11 is 0. The van der Waals surface area contributed by atoms with Crippen molar-refractivity contribution in [3.8, 4) is 0 Å². The summed E-state index contributed by atoms with van der Waals surface area (Å²) in [4.78, 5) is 34.0. The lowest BCUT2D eigenvalue weighted by molar-refractivity contribution is -0.142. The normalized spacial score (nSPS) is 15.3. The number of amides is 2. The minimum Gasteiger partial charge on any atom is -0.480 e. The largest absolute Gasteiger partial charge is 0.480 e. The first-order valence-electron chi connectivity index (χ1n) is 6.39. The third-order valence-electron chi connectivity index (χ3n) is 2.61. The molecule has 2 amide bonds. The van der Waals surface area contributed by atoms with Gasteiger partial charge in [0.1, 0.15) is 12.1 Å². The summed E-state index contributed by atoms with van der Waals surface area (Å²) in [5, 5.41) is 22.2. The molecule has 0 saturated carbocycles. The van der Waals surface area contributed by atoms with Crippen molar-refractivity contribution in [1.82, 2.24) is 10.6 Å². The van der Waals surface area contributed by atoms with E-state index in [2.05, 4.69) is 10.6 Å². The van der Waals surface area contributed by atoms with Crippen LogP contribution in [0.25, 0.3) is 0 Å². The molecule has 6 N–H and O–H groups in total. The maximum atomic E-state index is 11.7. The van der Waals surface area contributed by atoms with Crippen LogP contribution in [0.4, 0.5) is 0 Å². The molecule has 0 aromatic heterocycles. The number of aliphatic hydroxyl groups excluding tert-OH is 1. The molecule has 0 aliphatic heterocycles. The standard InChI is InChI=1S/C12H23N3O5/c1-6(2)4-8(13)10(17)15-9(5-16)11(18)14-7(3)12(19)20/h6-9,16H,4-5,13H2,1-3H3,(H,14,18)(H,15,17)(H,19,20)/t7-,8-,9-/m0/s1. The van der Waals surface area contributed by atoms with Gasteiger partial charge in [-0.2, -0.15) is 0 Å². The SMILES string of the molecule is CC(C)C[C@H](N)C(=O)N[C@@H](CO)C(=O)N[C@@H](C)C(=O)O. The molecule has 0 radical (unpaired) electrons. The molecule has 0 fully saturated rings. The Balaban J connectivity index is 4.50. The van der Waals surface area contributed by atoms with Gasteiger partial charge in [0.2, 0.25) is 11.8 Å². The summed E-state index contributed by atoms with van der Waals surface area (Å²) in [7, 11) is 0. The van der Waals surface area contributed by atoms with E-state index in [9.17, 15) is 14.4 Å². The minimum absolute atomic E-state index is 0.212. The fourth-order valence-corrected chi connectivity index (χ4v) is 1.46.